The van der Waals surface area contributed by atoms with Gasteiger partial charge in [-0.3, -0.25) is 19.8 Å². The van der Waals surface area contributed by atoms with E-state index in [0.29, 0.717) is 40.6 Å². The normalized spacial score (nSPS) is 19.6. The van der Waals surface area contributed by atoms with Gasteiger partial charge in [0.05, 0.1) is 25.3 Å². The molecule has 0 amide bonds. The first-order valence-corrected chi connectivity index (χ1v) is 10.9. The van der Waals surface area contributed by atoms with Crippen LogP contribution in [0.25, 0.3) is 0 Å². The van der Waals surface area contributed by atoms with E-state index in [1.807, 2.05) is 12.1 Å². The van der Waals surface area contributed by atoms with Crippen molar-refractivity contribution >= 4 is 11.6 Å². The Bertz CT molecular complexity index is 1390. The molecule has 1 aliphatic carbocycles. The summed E-state index contributed by atoms with van der Waals surface area (Å²) in [5, 5.41) is 8.48. The van der Waals surface area contributed by atoms with Crippen LogP contribution in [0.1, 0.15) is 46.9 Å². The third-order valence-electron chi connectivity index (χ3n) is 6.63. The van der Waals surface area contributed by atoms with Crippen LogP contribution in [0.3, 0.4) is 0 Å². The van der Waals surface area contributed by atoms with Crippen molar-refractivity contribution in [1.82, 2.24) is 10.2 Å². The van der Waals surface area contributed by atoms with E-state index in [-0.39, 0.29) is 23.7 Å². The Balaban J connectivity index is 1.57. The molecule has 0 radical (unpaired) electrons. The van der Waals surface area contributed by atoms with E-state index < -0.39 is 23.2 Å². The quantitative estimate of drug-likeness (QED) is 0.498. The Morgan fingerprint density at radius 3 is 2.23 bits per heavy atom. The molecule has 2 heterocycles. The Hall–Kier alpha value is -3.95. The molecule has 2 atom stereocenters. The number of halogens is 3. The second kappa shape index (κ2) is 8.37. The fourth-order valence-corrected chi connectivity index (χ4v) is 4.96. The number of rotatable bonds is 4. The number of H-pyrrole nitrogens is 2. The van der Waals surface area contributed by atoms with Crippen molar-refractivity contribution in [2.45, 2.75) is 30.9 Å². The molecule has 35 heavy (non-hydrogen) atoms. The van der Waals surface area contributed by atoms with Gasteiger partial charge in [0.25, 0.3) is 5.56 Å². The third-order valence-corrected chi connectivity index (χ3v) is 6.63. The molecule has 10 heteroatoms. The smallest absolute Gasteiger partial charge is 0.416 e. The van der Waals surface area contributed by atoms with Gasteiger partial charge in [0.15, 0.2) is 17.3 Å². The number of methoxy groups -OCH3 is 2. The summed E-state index contributed by atoms with van der Waals surface area (Å²) in [6.07, 6.45) is -3.83. The standard InChI is InChI=1S/C25H22F3N3O4/c1-34-18-8-5-13(11-19(18)35-2)14-9-16-21(17(32)10-14)20(22-23(29-16)30-31-24(22)33)12-3-6-15(7-4-12)25(26,27)28/h3-8,11,14,20H,9-10H2,1-2H3,(H3,29,30,31,33)/t14-,20-/m0/s1. The largest absolute Gasteiger partial charge is 0.493 e. The SMILES string of the molecule is COc1ccc([C@@H]2CC(=O)C3=C(C2)Nc2[nH][nH]c(=O)c2[C@H]3c2ccc(C(F)(F)F)cc2)cc1OC. The Morgan fingerprint density at radius 2 is 1.57 bits per heavy atom. The number of benzene rings is 2. The number of carbonyl (C=O) groups excluding carboxylic acids is 1. The number of ether oxygens (including phenoxy) is 2. The fourth-order valence-electron chi connectivity index (χ4n) is 4.96. The van der Waals surface area contributed by atoms with Crippen LogP contribution in [0.4, 0.5) is 19.0 Å². The molecule has 3 aromatic rings. The molecule has 5 rings (SSSR count). The number of nitrogens with one attached hydrogen (secondary N) is 3. The number of carbonyl (C=O) groups is 1. The van der Waals surface area contributed by atoms with Crippen molar-refractivity contribution < 1.29 is 27.4 Å². The van der Waals surface area contributed by atoms with Crippen molar-refractivity contribution in [3.05, 3.63) is 86.3 Å². The van der Waals surface area contributed by atoms with Gasteiger partial charge in [0, 0.05) is 23.6 Å². The van der Waals surface area contributed by atoms with Crippen molar-refractivity contribution in [3.8, 4) is 11.5 Å². The van der Waals surface area contributed by atoms with Crippen molar-refractivity contribution in [3.63, 3.8) is 0 Å². The Morgan fingerprint density at radius 1 is 0.886 bits per heavy atom. The fraction of sp³-hybridized carbons (Fsp3) is 0.280. The highest BCUT2D eigenvalue weighted by molar-refractivity contribution is 6.01. The lowest BCUT2D eigenvalue weighted by molar-refractivity contribution is -0.137. The average Bonchev–Trinajstić information content (AvgIpc) is 3.21. The predicted molar refractivity (Wildman–Crippen MR) is 122 cm³/mol. The van der Waals surface area contributed by atoms with E-state index >= 15 is 0 Å². The summed E-state index contributed by atoms with van der Waals surface area (Å²) >= 11 is 0. The molecule has 1 aliphatic heterocycles. The van der Waals surface area contributed by atoms with Crippen molar-refractivity contribution in [2.75, 3.05) is 19.5 Å². The Labute approximate surface area is 197 Å². The third kappa shape index (κ3) is 3.88. The maximum atomic E-state index is 13.5. The first-order chi connectivity index (χ1) is 16.7. The molecule has 0 spiro atoms. The molecule has 0 unspecified atom stereocenters. The summed E-state index contributed by atoms with van der Waals surface area (Å²) in [5.41, 5.74) is 1.42. The lowest BCUT2D eigenvalue weighted by atomic mass is 9.72. The summed E-state index contributed by atoms with van der Waals surface area (Å²) in [6.45, 7) is 0. The monoisotopic (exact) mass is 485 g/mol. The maximum absolute atomic E-state index is 13.5. The molecule has 2 aliphatic rings. The van der Waals surface area contributed by atoms with Crippen LogP contribution in [0.15, 0.2) is 58.5 Å². The number of anilines is 1. The van der Waals surface area contributed by atoms with Gasteiger partial charge in [0.1, 0.15) is 5.82 Å². The minimum absolute atomic E-state index is 0.158. The highest BCUT2D eigenvalue weighted by atomic mass is 19.4. The number of allylic oxidation sites excluding steroid dienone is 2. The molecule has 7 nitrogen and oxygen atoms in total. The molecule has 1 aromatic heterocycles. The van der Waals surface area contributed by atoms with Gasteiger partial charge in [-0.05, 0) is 47.7 Å². The van der Waals surface area contributed by atoms with Gasteiger partial charge in [-0.25, -0.2) is 0 Å². The van der Waals surface area contributed by atoms with Crippen LogP contribution in [-0.2, 0) is 11.0 Å². The minimum Gasteiger partial charge on any atom is -0.493 e. The zero-order valence-corrected chi connectivity index (χ0v) is 18.9. The molecule has 0 saturated heterocycles. The van der Waals surface area contributed by atoms with Gasteiger partial charge in [0.2, 0.25) is 0 Å². The first-order valence-electron chi connectivity index (χ1n) is 10.9. The first kappa shape index (κ1) is 22.8. The summed E-state index contributed by atoms with van der Waals surface area (Å²) in [4.78, 5) is 26.1. The molecular weight excluding hydrogens is 463 g/mol. The molecule has 0 fully saturated rings. The summed E-state index contributed by atoms with van der Waals surface area (Å²) < 4.78 is 50.0. The highest BCUT2D eigenvalue weighted by Crippen LogP contribution is 2.47. The second-order valence-corrected chi connectivity index (χ2v) is 8.58. The van der Waals surface area contributed by atoms with Crippen LogP contribution in [0.2, 0.25) is 0 Å². The lowest BCUT2D eigenvalue weighted by Gasteiger charge is -2.34. The number of fused-ring (bicyclic) bond motifs is 1. The van der Waals surface area contributed by atoms with E-state index in [1.165, 1.54) is 19.2 Å². The number of Topliss-reactive ketones (excluding diaryl/α,β-unsaturated/α-hetero) is 1. The van der Waals surface area contributed by atoms with E-state index in [0.717, 1.165) is 17.7 Å². The molecule has 0 bridgehead atoms. The number of ketones is 1. The van der Waals surface area contributed by atoms with E-state index in [2.05, 4.69) is 15.5 Å². The van der Waals surface area contributed by atoms with E-state index in [4.69, 9.17) is 9.47 Å². The minimum atomic E-state index is -4.49. The summed E-state index contributed by atoms with van der Waals surface area (Å²) in [6, 6.07) is 10.1. The van der Waals surface area contributed by atoms with Crippen molar-refractivity contribution in [2.24, 2.45) is 0 Å². The topological polar surface area (TPSA) is 96.2 Å². The molecule has 182 valence electrons. The second-order valence-electron chi connectivity index (χ2n) is 8.58. The van der Waals surface area contributed by atoms with Gasteiger partial charge in [-0.15, -0.1) is 0 Å². The van der Waals surface area contributed by atoms with Crippen LogP contribution < -0.4 is 20.3 Å². The molecule has 2 aromatic carbocycles. The number of aromatic amines is 2. The van der Waals surface area contributed by atoms with Crippen LogP contribution >= 0.6 is 0 Å². The lowest BCUT2D eigenvalue weighted by Crippen LogP contribution is -2.31. The summed E-state index contributed by atoms with van der Waals surface area (Å²) in [7, 11) is 3.08. The number of aromatic nitrogens is 2. The molecule has 3 N–H and O–H groups in total. The average molecular weight is 485 g/mol. The highest BCUT2D eigenvalue weighted by Gasteiger charge is 2.41. The predicted octanol–water partition coefficient (Wildman–Crippen LogP) is 4.70. The van der Waals surface area contributed by atoms with E-state index in [9.17, 15) is 22.8 Å². The van der Waals surface area contributed by atoms with Gasteiger partial charge >= 0.3 is 6.18 Å². The van der Waals surface area contributed by atoms with Crippen LogP contribution in [-0.4, -0.2) is 30.2 Å². The van der Waals surface area contributed by atoms with Crippen LogP contribution in [0, 0.1) is 0 Å². The zero-order valence-electron chi connectivity index (χ0n) is 18.9. The van der Waals surface area contributed by atoms with Gasteiger partial charge in [-0.2, -0.15) is 13.2 Å². The van der Waals surface area contributed by atoms with E-state index in [1.54, 1.807) is 13.2 Å². The molecule has 0 saturated carbocycles. The number of hydrogen-bond acceptors (Lipinski definition) is 5. The molecular formula is C25H22F3N3O4. The maximum Gasteiger partial charge on any atom is 0.416 e. The Kier molecular flexibility index (Phi) is 5.46. The number of alkyl halides is 3. The summed E-state index contributed by atoms with van der Waals surface area (Å²) in [5.74, 6) is 0.417. The zero-order chi connectivity index (χ0) is 24.9. The van der Waals surface area contributed by atoms with Gasteiger partial charge < -0.3 is 14.8 Å². The number of hydrogen-bond donors (Lipinski definition) is 3. The van der Waals surface area contributed by atoms with Crippen molar-refractivity contribution in [1.29, 1.82) is 0 Å². The van der Waals surface area contributed by atoms with Gasteiger partial charge in [-0.1, -0.05) is 18.2 Å². The van der Waals surface area contributed by atoms with Crippen LogP contribution in [0.5, 0.6) is 11.5 Å².